The molecule has 1 fully saturated rings. The van der Waals surface area contributed by atoms with Crippen molar-refractivity contribution in [3.05, 3.63) is 48.0 Å². The first-order chi connectivity index (χ1) is 17.1. The molecule has 0 bridgehead atoms. The fourth-order valence-corrected chi connectivity index (χ4v) is 4.69. The van der Waals surface area contributed by atoms with Gasteiger partial charge in [-0.3, -0.25) is 9.69 Å². The van der Waals surface area contributed by atoms with Gasteiger partial charge in [0.05, 0.1) is 26.7 Å². The molecule has 0 radical (unpaired) electrons. The van der Waals surface area contributed by atoms with Crippen LogP contribution in [0.2, 0.25) is 0 Å². The average Bonchev–Trinajstić information content (AvgIpc) is 3.31. The number of nitrogens with one attached hydrogen (secondary N) is 1. The first kappa shape index (κ1) is 25.1. The second-order valence-corrected chi connectivity index (χ2v) is 8.97. The van der Waals surface area contributed by atoms with Crippen LogP contribution >= 0.6 is 0 Å². The molecule has 35 heavy (non-hydrogen) atoms. The maximum Gasteiger partial charge on any atom is 0.223 e. The van der Waals surface area contributed by atoms with E-state index in [-0.39, 0.29) is 18.4 Å². The van der Waals surface area contributed by atoms with Crippen molar-refractivity contribution in [1.29, 1.82) is 0 Å². The second kappa shape index (κ2) is 12.7. The standard InChI is InChI=1S/C27H36N2O6/c1-31-19-22-4-3-12-29(22)18-21(16-20-5-10-25-26(17-20)35-15-14-34-25)28-27(30)11-13-33-24-8-6-23(32-2)7-9-24/h5-10,17,21-22H,3-4,11-16,18-19H2,1-2H3,(H,28,30). The predicted octanol–water partition coefficient (Wildman–Crippen LogP) is 3.07. The van der Waals surface area contributed by atoms with Crippen molar-refractivity contribution in [1.82, 2.24) is 10.2 Å². The number of methoxy groups -OCH3 is 2. The Bertz CT molecular complexity index is 951. The Labute approximate surface area is 207 Å². The van der Waals surface area contributed by atoms with Crippen LogP contribution in [0.4, 0.5) is 0 Å². The van der Waals surface area contributed by atoms with Crippen LogP contribution in [0.25, 0.3) is 0 Å². The van der Waals surface area contributed by atoms with E-state index in [0.29, 0.717) is 44.6 Å². The number of hydrogen-bond acceptors (Lipinski definition) is 7. The summed E-state index contributed by atoms with van der Waals surface area (Å²) >= 11 is 0. The SMILES string of the molecule is COCC1CCCN1CC(Cc1ccc2c(c1)OCCO2)NC(=O)CCOc1ccc(OC)cc1. The summed E-state index contributed by atoms with van der Waals surface area (Å²) in [5.41, 5.74) is 1.11. The van der Waals surface area contributed by atoms with Crippen LogP contribution in [0.5, 0.6) is 23.0 Å². The Kier molecular flexibility index (Phi) is 9.08. The molecule has 0 aromatic heterocycles. The van der Waals surface area contributed by atoms with Crippen molar-refractivity contribution in [2.45, 2.75) is 37.8 Å². The molecule has 190 valence electrons. The van der Waals surface area contributed by atoms with Gasteiger partial charge in [-0.25, -0.2) is 0 Å². The number of fused-ring (bicyclic) bond motifs is 1. The van der Waals surface area contributed by atoms with Gasteiger partial charge in [0.15, 0.2) is 11.5 Å². The zero-order chi connectivity index (χ0) is 24.5. The lowest BCUT2D eigenvalue weighted by Gasteiger charge is -2.29. The van der Waals surface area contributed by atoms with Crippen molar-refractivity contribution >= 4 is 5.91 Å². The molecule has 1 amide bonds. The molecule has 2 heterocycles. The Morgan fingerprint density at radius 1 is 1.09 bits per heavy atom. The van der Waals surface area contributed by atoms with E-state index in [4.69, 9.17) is 23.7 Å². The highest BCUT2D eigenvalue weighted by molar-refractivity contribution is 5.76. The van der Waals surface area contributed by atoms with E-state index < -0.39 is 0 Å². The third-order valence-electron chi connectivity index (χ3n) is 6.42. The topological polar surface area (TPSA) is 78.5 Å². The highest BCUT2D eigenvalue weighted by Crippen LogP contribution is 2.31. The second-order valence-electron chi connectivity index (χ2n) is 8.97. The third kappa shape index (κ3) is 7.26. The van der Waals surface area contributed by atoms with Crippen molar-refractivity contribution in [2.75, 3.05) is 53.7 Å². The lowest BCUT2D eigenvalue weighted by atomic mass is 10.0. The molecule has 8 nitrogen and oxygen atoms in total. The van der Waals surface area contributed by atoms with Crippen molar-refractivity contribution < 1.29 is 28.5 Å². The zero-order valence-electron chi connectivity index (χ0n) is 20.7. The monoisotopic (exact) mass is 484 g/mol. The third-order valence-corrected chi connectivity index (χ3v) is 6.42. The van der Waals surface area contributed by atoms with Gasteiger partial charge in [0.25, 0.3) is 0 Å². The summed E-state index contributed by atoms with van der Waals surface area (Å²) in [4.78, 5) is 15.3. The van der Waals surface area contributed by atoms with Crippen LogP contribution < -0.4 is 24.3 Å². The number of carbonyl (C=O) groups is 1. The zero-order valence-corrected chi connectivity index (χ0v) is 20.7. The van der Waals surface area contributed by atoms with Gasteiger partial charge in [0.1, 0.15) is 24.7 Å². The number of rotatable bonds is 12. The first-order valence-corrected chi connectivity index (χ1v) is 12.3. The molecule has 1 saturated heterocycles. The van der Waals surface area contributed by atoms with E-state index in [1.807, 2.05) is 36.4 Å². The number of benzene rings is 2. The van der Waals surface area contributed by atoms with Gasteiger partial charge in [-0.2, -0.15) is 0 Å². The number of carbonyl (C=O) groups excluding carboxylic acids is 1. The normalized spacial score (nSPS) is 18.2. The van der Waals surface area contributed by atoms with Gasteiger partial charge in [-0.05, 0) is 67.8 Å². The van der Waals surface area contributed by atoms with E-state index in [9.17, 15) is 4.79 Å². The van der Waals surface area contributed by atoms with Crippen molar-refractivity contribution in [3.63, 3.8) is 0 Å². The molecule has 2 atom stereocenters. The average molecular weight is 485 g/mol. The molecule has 0 aliphatic carbocycles. The lowest BCUT2D eigenvalue weighted by molar-refractivity contribution is -0.122. The first-order valence-electron chi connectivity index (χ1n) is 12.3. The van der Waals surface area contributed by atoms with Gasteiger partial charge < -0.3 is 29.0 Å². The maximum absolute atomic E-state index is 12.8. The van der Waals surface area contributed by atoms with Gasteiger partial charge >= 0.3 is 0 Å². The fraction of sp³-hybridized carbons (Fsp3) is 0.519. The molecule has 8 heteroatoms. The molecule has 2 aromatic rings. The van der Waals surface area contributed by atoms with E-state index in [1.165, 1.54) is 0 Å². The molecular formula is C27H36N2O6. The number of likely N-dealkylation sites (tertiary alicyclic amines) is 1. The number of nitrogens with zero attached hydrogens (tertiary/aromatic N) is 1. The molecule has 2 unspecified atom stereocenters. The van der Waals surface area contributed by atoms with Gasteiger partial charge in [-0.15, -0.1) is 0 Å². The van der Waals surface area contributed by atoms with Gasteiger partial charge in [0.2, 0.25) is 5.91 Å². The van der Waals surface area contributed by atoms with Crippen LogP contribution in [0.3, 0.4) is 0 Å². The molecule has 2 aromatic carbocycles. The molecule has 1 N–H and O–H groups in total. The van der Waals surface area contributed by atoms with E-state index >= 15 is 0 Å². The molecule has 2 aliphatic heterocycles. The smallest absolute Gasteiger partial charge is 0.223 e. The van der Waals surface area contributed by atoms with E-state index in [1.54, 1.807) is 14.2 Å². The van der Waals surface area contributed by atoms with Crippen LogP contribution in [-0.4, -0.2) is 76.6 Å². The highest BCUT2D eigenvalue weighted by Gasteiger charge is 2.27. The Balaban J connectivity index is 1.36. The summed E-state index contributed by atoms with van der Waals surface area (Å²) in [5.74, 6) is 3.00. The van der Waals surface area contributed by atoms with E-state index in [0.717, 1.165) is 48.7 Å². The minimum atomic E-state index is -0.0384. The minimum Gasteiger partial charge on any atom is -0.497 e. The van der Waals surface area contributed by atoms with Crippen LogP contribution in [0, 0.1) is 0 Å². The Morgan fingerprint density at radius 3 is 2.63 bits per heavy atom. The summed E-state index contributed by atoms with van der Waals surface area (Å²) in [6, 6.07) is 13.7. The molecule has 0 spiro atoms. The summed E-state index contributed by atoms with van der Waals surface area (Å²) in [5, 5.41) is 3.25. The molecule has 2 aliphatic rings. The molecule has 4 rings (SSSR count). The number of ether oxygens (including phenoxy) is 5. The summed E-state index contributed by atoms with van der Waals surface area (Å²) in [6.45, 7) is 3.93. The quantitative estimate of drug-likeness (QED) is 0.496. The summed E-state index contributed by atoms with van der Waals surface area (Å²) < 4.78 is 27.7. The van der Waals surface area contributed by atoms with Crippen molar-refractivity contribution in [3.8, 4) is 23.0 Å². The maximum atomic E-state index is 12.8. The number of amides is 1. The minimum absolute atomic E-state index is 0.0245. The highest BCUT2D eigenvalue weighted by atomic mass is 16.6. The van der Waals surface area contributed by atoms with Gasteiger partial charge in [0, 0.05) is 25.7 Å². The van der Waals surface area contributed by atoms with Gasteiger partial charge in [-0.1, -0.05) is 6.07 Å². The summed E-state index contributed by atoms with van der Waals surface area (Å²) in [6.07, 6.45) is 3.26. The van der Waals surface area contributed by atoms with Crippen LogP contribution in [0.1, 0.15) is 24.8 Å². The van der Waals surface area contributed by atoms with Crippen LogP contribution in [-0.2, 0) is 16.0 Å². The predicted molar refractivity (Wildman–Crippen MR) is 133 cm³/mol. The van der Waals surface area contributed by atoms with Crippen LogP contribution in [0.15, 0.2) is 42.5 Å². The largest absolute Gasteiger partial charge is 0.497 e. The lowest BCUT2D eigenvalue weighted by Crippen LogP contribution is -2.47. The number of hydrogen-bond donors (Lipinski definition) is 1. The Hall–Kier alpha value is -2.97. The van der Waals surface area contributed by atoms with E-state index in [2.05, 4.69) is 16.3 Å². The molecular weight excluding hydrogens is 448 g/mol. The fourth-order valence-electron chi connectivity index (χ4n) is 4.69. The summed E-state index contributed by atoms with van der Waals surface area (Å²) in [7, 11) is 3.37. The van der Waals surface area contributed by atoms with Crippen molar-refractivity contribution in [2.24, 2.45) is 0 Å². The Morgan fingerprint density at radius 2 is 1.86 bits per heavy atom. The molecule has 0 saturated carbocycles.